The molecule has 2 nitrogen and oxygen atoms in total. The van der Waals surface area contributed by atoms with Gasteiger partial charge in [0.05, 0.1) is 11.2 Å². The molecule has 3 aromatic rings. The molecule has 0 saturated heterocycles. The average Bonchev–Trinajstić information content (AvgIpc) is 3.13. The summed E-state index contributed by atoms with van der Waals surface area (Å²) >= 11 is 0. The van der Waals surface area contributed by atoms with Crippen LogP contribution in [0.25, 0.3) is 22.0 Å². The van der Waals surface area contributed by atoms with Gasteiger partial charge in [0.2, 0.25) is 0 Å². The summed E-state index contributed by atoms with van der Waals surface area (Å²) in [7, 11) is 0. The minimum absolute atomic E-state index is 0.190. The van der Waals surface area contributed by atoms with E-state index in [-0.39, 0.29) is 6.54 Å². The predicted octanol–water partition coefficient (Wildman–Crippen LogP) is 8.97. The zero-order chi connectivity index (χ0) is 27.3. The van der Waals surface area contributed by atoms with Crippen LogP contribution in [0.4, 0.5) is 18.9 Å². The van der Waals surface area contributed by atoms with Crippen LogP contribution in [-0.2, 0) is 19.1 Å². The highest BCUT2D eigenvalue weighted by atomic mass is 19.4. The lowest BCUT2D eigenvalue weighted by Gasteiger charge is -2.19. The van der Waals surface area contributed by atoms with Crippen molar-refractivity contribution in [1.29, 1.82) is 0 Å². The maximum atomic E-state index is 13.7. The third kappa shape index (κ3) is 7.42. The van der Waals surface area contributed by atoms with Gasteiger partial charge in [0, 0.05) is 11.9 Å². The summed E-state index contributed by atoms with van der Waals surface area (Å²) in [6, 6.07) is 9.10. The van der Waals surface area contributed by atoms with Gasteiger partial charge in [0.25, 0.3) is 0 Å². The lowest BCUT2D eigenvalue weighted by atomic mass is 9.88. The molecule has 0 bridgehead atoms. The van der Waals surface area contributed by atoms with E-state index in [9.17, 15) is 13.2 Å². The van der Waals surface area contributed by atoms with E-state index >= 15 is 0 Å². The van der Waals surface area contributed by atoms with Crippen LogP contribution in [0.2, 0.25) is 0 Å². The zero-order valence-corrected chi connectivity index (χ0v) is 22.3. The number of hydrogen-bond acceptors (Lipinski definition) is 1. The summed E-state index contributed by atoms with van der Waals surface area (Å²) in [5.41, 5.74) is 12.5. The molecular formula is C30H39F3N2. The van der Waals surface area contributed by atoms with Gasteiger partial charge >= 0.3 is 6.18 Å². The van der Waals surface area contributed by atoms with E-state index in [2.05, 4.69) is 47.1 Å². The van der Waals surface area contributed by atoms with Crippen LogP contribution >= 0.6 is 0 Å². The van der Waals surface area contributed by atoms with Crippen LogP contribution in [0.1, 0.15) is 63.9 Å². The third-order valence-corrected chi connectivity index (χ3v) is 5.21. The van der Waals surface area contributed by atoms with E-state index in [0.717, 1.165) is 33.4 Å². The van der Waals surface area contributed by atoms with E-state index in [1.807, 2.05) is 45.0 Å². The molecule has 0 aliphatic heterocycles. The fourth-order valence-electron chi connectivity index (χ4n) is 3.86. The molecule has 0 fully saturated rings. The second-order valence-corrected chi connectivity index (χ2v) is 10.4. The van der Waals surface area contributed by atoms with Crippen LogP contribution in [-0.4, -0.2) is 4.57 Å². The van der Waals surface area contributed by atoms with E-state index in [4.69, 9.17) is 5.73 Å². The number of alkyl halides is 3. The number of halogens is 3. The number of nitrogens with two attached hydrogens (primary N) is 1. The predicted molar refractivity (Wildman–Crippen MR) is 145 cm³/mol. The Morgan fingerprint density at radius 1 is 1.03 bits per heavy atom. The Balaban J connectivity index is 0.000000779. The monoisotopic (exact) mass is 484 g/mol. The lowest BCUT2D eigenvalue weighted by molar-refractivity contribution is -0.143. The number of fused-ring (bicyclic) bond motifs is 1. The molecule has 1 aromatic heterocycles. The molecule has 0 aliphatic carbocycles. The minimum Gasteiger partial charge on any atom is -0.397 e. The van der Waals surface area contributed by atoms with Gasteiger partial charge in [-0.25, -0.2) is 0 Å². The van der Waals surface area contributed by atoms with E-state index in [1.54, 1.807) is 6.92 Å². The highest BCUT2D eigenvalue weighted by molar-refractivity contribution is 6.05. The first kappa shape index (κ1) is 29.9. The number of rotatable bonds is 4. The molecule has 0 radical (unpaired) electrons. The van der Waals surface area contributed by atoms with Crippen LogP contribution < -0.4 is 5.73 Å². The molecule has 0 aliphatic rings. The first-order valence-corrected chi connectivity index (χ1v) is 11.6. The van der Waals surface area contributed by atoms with Crippen molar-refractivity contribution < 1.29 is 13.2 Å². The Morgan fingerprint density at radius 3 is 1.91 bits per heavy atom. The zero-order valence-electron chi connectivity index (χ0n) is 22.3. The summed E-state index contributed by atoms with van der Waals surface area (Å²) in [5.74, 6) is 0. The summed E-state index contributed by atoms with van der Waals surface area (Å²) in [6.45, 7) is 20.4. The van der Waals surface area contributed by atoms with Crippen molar-refractivity contribution in [3.63, 3.8) is 0 Å². The van der Waals surface area contributed by atoms with Crippen molar-refractivity contribution in [1.82, 2.24) is 4.57 Å². The largest absolute Gasteiger partial charge is 0.431 e. The van der Waals surface area contributed by atoms with Gasteiger partial charge in [-0.05, 0) is 67.9 Å². The van der Waals surface area contributed by atoms with Gasteiger partial charge in [-0.1, -0.05) is 69.7 Å². The van der Waals surface area contributed by atoms with Gasteiger partial charge < -0.3 is 10.3 Å². The number of aryl methyl sites for hydroxylation is 2. The van der Waals surface area contributed by atoms with Crippen molar-refractivity contribution in [2.45, 2.75) is 74.5 Å². The van der Waals surface area contributed by atoms with E-state index in [1.165, 1.54) is 10.6 Å². The second-order valence-electron chi connectivity index (χ2n) is 10.4. The molecule has 5 heteroatoms. The van der Waals surface area contributed by atoms with Crippen molar-refractivity contribution in [3.05, 3.63) is 64.9 Å². The molecule has 190 valence electrons. The standard InChI is InChI=1S/C23H25F3N2.C5H12.C2H2/c1-6-28-19(23(24,25)26)12-18-20(16-9-7-14(4)8-10-16)17(11-13(2)3)15(5)21(27)22(18)28;1-5(2,3)4;1-2/h7-10,12H,2,6,11,27H2,1,3-5H3;1-4H3;1-2H. The summed E-state index contributed by atoms with van der Waals surface area (Å²) in [4.78, 5) is 0. The first-order valence-electron chi connectivity index (χ1n) is 11.6. The minimum atomic E-state index is -4.45. The Morgan fingerprint density at radius 2 is 1.51 bits per heavy atom. The maximum Gasteiger partial charge on any atom is 0.431 e. The molecule has 0 atom stereocenters. The average molecular weight is 485 g/mol. The first-order chi connectivity index (χ1) is 16.1. The third-order valence-electron chi connectivity index (χ3n) is 5.21. The number of anilines is 1. The molecule has 0 amide bonds. The van der Waals surface area contributed by atoms with E-state index < -0.39 is 11.9 Å². The number of benzene rings is 2. The smallest absolute Gasteiger partial charge is 0.397 e. The van der Waals surface area contributed by atoms with Crippen molar-refractivity contribution >= 4 is 16.6 Å². The van der Waals surface area contributed by atoms with Crippen LogP contribution in [0.3, 0.4) is 0 Å². The maximum absolute atomic E-state index is 13.7. The van der Waals surface area contributed by atoms with Crippen LogP contribution in [0.5, 0.6) is 0 Å². The number of aromatic nitrogens is 1. The van der Waals surface area contributed by atoms with Gasteiger partial charge in [0.15, 0.2) is 0 Å². The van der Waals surface area contributed by atoms with Crippen molar-refractivity contribution in [2.24, 2.45) is 5.41 Å². The Bertz CT molecular complexity index is 1180. The van der Waals surface area contributed by atoms with Crippen molar-refractivity contribution in [2.75, 3.05) is 5.73 Å². The number of hydrogen-bond donors (Lipinski definition) is 1. The Labute approximate surface area is 209 Å². The van der Waals surface area contributed by atoms with Gasteiger partial charge in [-0.2, -0.15) is 13.2 Å². The lowest BCUT2D eigenvalue weighted by Crippen LogP contribution is -2.13. The molecule has 3 rings (SSSR count). The molecular weight excluding hydrogens is 445 g/mol. The molecule has 0 saturated carbocycles. The Kier molecular flexibility index (Phi) is 9.85. The molecule has 2 aromatic carbocycles. The molecule has 2 N–H and O–H groups in total. The molecule has 35 heavy (non-hydrogen) atoms. The fourth-order valence-corrected chi connectivity index (χ4v) is 3.86. The van der Waals surface area contributed by atoms with E-state index in [0.29, 0.717) is 28.4 Å². The molecule has 0 spiro atoms. The summed E-state index contributed by atoms with van der Waals surface area (Å²) < 4.78 is 42.5. The molecule has 1 heterocycles. The number of terminal acetylenes is 1. The van der Waals surface area contributed by atoms with Crippen LogP contribution in [0, 0.1) is 32.1 Å². The van der Waals surface area contributed by atoms with Gasteiger partial charge in [-0.3, -0.25) is 0 Å². The summed E-state index contributed by atoms with van der Waals surface area (Å²) in [5, 5.41) is 0.539. The highest BCUT2D eigenvalue weighted by Crippen LogP contribution is 2.44. The highest BCUT2D eigenvalue weighted by Gasteiger charge is 2.36. The van der Waals surface area contributed by atoms with Crippen LogP contribution in [0.15, 0.2) is 42.5 Å². The fraction of sp³-hybridized carbons (Fsp3) is 0.400. The SMILES string of the molecule is C#C.C=C(C)Cc1c(C)c(N)c2c(cc(C(F)(F)F)n2CC)c1-c1ccc(C)cc1.CC(C)(C)C. The number of allylic oxidation sites excluding steroid dienone is 1. The summed E-state index contributed by atoms with van der Waals surface area (Å²) in [6.07, 6.45) is 4.11. The number of nitrogen functional groups attached to an aromatic ring is 1. The Hall–Kier alpha value is -3.13. The number of nitrogens with zero attached hydrogens (tertiary/aromatic N) is 1. The normalized spacial score (nSPS) is 11.3. The van der Waals surface area contributed by atoms with Crippen molar-refractivity contribution in [3.8, 4) is 24.0 Å². The second kappa shape index (κ2) is 11.5. The van der Waals surface area contributed by atoms with Gasteiger partial charge in [0.1, 0.15) is 5.69 Å². The van der Waals surface area contributed by atoms with Gasteiger partial charge in [-0.15, -0.1) is 12.8 Å². The topological polar surface area (TPSA) is 30.9 Å². The molecule has 0 unspecified atom stereocenters. The quantitative estimate of drug-likeness (QED) is 0.224.